The number of nitrogens with one attached hydrogen (secondary N) is 2. The molecule has 2 heterocycles. The minimum atomic E-state index is -4.44. The molecule has 0 unspecified atom stereocenters. The highest BCUT2D eigenvalue weighted by Gasteiger charge is 2.30. The molecule has 4 aromatic rings. The number of thioether (sulfide) groups is 1. The molecular formula is C46H55ClN6O6S2. The first-order chi connectivity index (χ1) is 29.3. The number of carbonyl (C=O) groups excluding carboxylic acids is 1. The summed E-state index contributed by atoms with van der Waals surface area (Å²) in [5.41, 5.74) is 5.39. The first kappa shape index (κ1) is 44.6. The first-order valence-corrected chi connectivity index (χ1v) is 23.8. The molecule has 2 saturated heterocycles. The highest BCUT2D eigenvalue weighted by Crippen LogP contribution is 2.43. The second-order valence-corrected chi connectivity index (χ2v) is 20.0. The van der Waals surface area contributed by atoms with E-state index in [-0.39, 0.29) is 33.3 Å². The van der Waals surface area contributed by atoms with Gasteiger partial charge in [-0.3, -0.25) is 24.7 Å². The molecule has 61 heavy (non-hydrogen) atoms. The summed E-state index contributed by atoms with van der Waals surface area (Å²) in [4.78, 5) is 32.8. The van der Waals surface area contributed by atoms with Crippen molar-refractivity contribution in [1.82, 2.24) is 14.5 Å². The van der Waals surface area contributed by atoms with E-state index in [0.717, 1.165) is 93.3 Å². The number of hydrogen-bond acceptors (Lipinski definition) is 11. The van der Waals surface area contributed by atoms with Gasteiger partial charge in [-0.15, -0.1) is 11.8 Å². The van der Waals surface area contributed by atoms with Gasteiger partial charge in [-0.1, -0.05) is 61.4 Å². The van der Waals surface area contributed by atoms with Crippen LogP contribution in [-0.4, -0.2) is 106 Å². The van der Waals surface area contributed by atoms with Gasteiger partial charge in [0.15, 0.2) is 0 Å². The molecule has 1 amide bonds. The third-order valence-corrected chi connectivity index (χ3v) is 14.6. The zero-order valence-electron chi connectivity index (χ0n) is 34.9. The molecular weight excluding hydrogens is 832 g/mol. The Morgan fingerprint density at radius 2 is 1.62 bits per heavy atom. The van der Waals surface area contributed by atoms with Crippen LogP contribution in [0.1, 0.15) is 55.5 Å². The Balaban J connectivity index is 0.962. The topological polar surface area (TPSA) is 137 Å². The number of nitrogens with zero attached hydrogens (tertiary/aromatic N) is 4. The zero-order chi connectivity index (χ0) is 43.0. The summed E-state index contributed by atoms with van der Waals surface area (Å²) in [6, 6.07) is 28.6. The van der Waals surface area contributed by atoms with Crippen LogP contribution in [0.5, 0.6) is 0 Å². The van der Waals surface area contributed by atoms with Gasteiger partial charge in [0.25, 0.3) is 21.6 Å². The Labute approximate surface area is 368 Å². The van der Waals surface area contributed by atoms with Crippen molar-refractivity contribution < 1.29 is 22.9 Å². The van der Waals surface area contributed by atoms with Crippen LogP contribution in [0.3, 0.4) is 0 Å². The lowest BCUT2D eigenvalue weighted by Crippen LogP contribution is -2.47. The maximum absolute atomic E-state index is 13.5. The quantitative estimate of drug-likeness (QED) is 0.0637. The first-order valence-electron chi connectivity index (χ1n) is 21.0. The number of nitro benzene ring substituents is 1. The molecule has 0 saturated carbocycles. The minimum Gasteiger partial charge on any atom is -0.379 e. The normalized spacial score (nSPS) is 18.1. The molecule has 3 aliphatic rings. The van der Waals surface area contributed by atoms with Crippen molar-refractivity contribution in [3.05, 3.63) is 129 Å². The van der Waals surface area contributed by atoms with Crippen molar-refractivity contribution in [2.45, 2.75) is 55.4 Å². The van der Waals surface area contributed by atoms with E-state index in [1.54, 1.807) is 23.9 Å². The largest absolute Gasteiger partial charge is 0.379 e. The van der Waals surface area contributed by atoms with Gasteiger partial charge in [-0.05, 0) is 103 Å². The second-order valence-electron chi connectivity index (χ2n) is 16.8. The van der Waals surface area contributed by atoms with Gasteiger partial charge in [-0.2, -0.15) is 0 Å². The van der Waals surface area contributed by atoms with E-state index >= 15 is 0 Å². The van der Waals surface area contributed by atoms with Crippen LogP contribution in [0.2, 0.25) is 5.02 Å². The van der Waals surface area contributed by atoms with E-state index in [2.05, 4.69) is 50.7 Å². The van der Waals surface area contributed by atoms with Crippen molar-refractivity contribution in [2.24, 2.45) is 5.41 Å². The number of carbonyl (C=O) groups is 1. The van der Waals surface area contributed by atoms with Crippen LogP contribution in [0.4, 0.5) is 17.1 Å². The van der Waals surface area contributed by atoms with Crippen LogP contribution in [0.25, 0.3) is 5.57 Å². The van der Waals surface area contributed by atoms with Gasteiger partial charge in [-0.25, -0.2) is 13.1 Å². The Morgan fingerprint density at radius 3 is 2.31 bits per heavy atom. The number of halogens is 1. The van der Waals surface area contributed by atoms with Crippen LogP contribution in [0, 0.1) is 15.5 Å². The highest BCUT2D eigenvalue weighted by molar-refractivity contribution is 7.99. The number of sulfonamides is 1. The molecule has 0 spiro atoms. The molecule has 12 nitrogen and oxygen atoms in total. The van der Waals surface area contributed by atoms with Gasteiger partial charge in [0, 0.05) is 91.4 Å². The number of nitro groups is 1. The molecule has 0 aromatic heterocycles. The van der Waals surface area contributed by atoms with E-state index in [9.17, 15) is 23.3 Å². The Kier molecular flexibility index (Phi) is 14.7. The van der Waals surface area contributed by atoms with E-state index < -0.39 is 20.9 Å². The highest BCUT2D eigenvalue weighted by atomic mass is 35.5. The lowest BCUT2D eigenvalue weighted by molar-refractivity contribution is -0.384. The van der Waals surface area contributed by atoms with Crippen LogP contribution in [0.15, 0.2) is 112 Å². The standard InChI is InChI=1S/C46H55ClN6O6S2/c1-46(2)20-18-42(34-8-12-37(47)13-9-34)36(31-46)32-51-22-24-52(25-23-51)39-14-10-35(11-15-39)45(54)49-61(57,58)41-16-17-43(44(30-41)53(55)56)48-38(19-21-50-26-28-59-29-27-50)33-60-40-6-4-3-5-7-40/h3-17,30,38,48H,18-29,31-33H2,1-2H3,(H,49,54)/t38-/m1/s1. The molecule has 1 atom stereocenters. The molecule has 4 aromatic carbocycles. The van der Waals surface area contributed by atoms with Crippen LogP contribution in [-0.2, 0) is 14.8 Å². The molecule has 7 rings (SSSR count). The van der Waals surface area contributed by atoms with Crippen molar-refractivity contribution >= 4 is 61.9 Å². The average Bonchev–Trinajstić information content (AvgIpc) is 3.25. The summed E-state index contributed by atoms with van der Waals surface area (Å²) in [6.07, 6.45) is 3.99. The van der Waals surface area contributed by atoms with Gasteiger partial charge in [0.2, 0.25) is 0 Å². The summed E-state index contributed by atoms with van der Waals surface area (Å²) in [5.74, 6) is -0.178. The number of amides is 1. The number of allylic oxidation sites excluding steroid dienone is 1. The number of morpholine rings is 1. The Morgan fingerprint density at radius 1 is 0.918 bits per heavy atom. The number of ether oxygens (including phenoxy) is 1. The van der Waals surface area contributed by atoms with E-state index in [4.69, 9.17) is 16.3 Å². The van der Waals surface area contributed by atoms with Gasteiger partial charge < -0.3 is 15.0 Å². The number of benzene rings is 4. The second kappa shape index (κ2) is 20.2. The van der Waals surface area contributed by atoms with Crippen molar-refractivity contribution in [1.29, 1.82) is 0 Å². The minimum absolute atomic E-state index is 0.151. The maximum atomic E-state index is 13.5. The monoisotopic (exact) mass is 886 g/mol. The fourth-order valence-corrected chi connectivity index (χ4v) is 10.4. The van der Waals surface area contributed by atoms with Crippen LogP contribution < -0.4 is 14.9 Å². The summed E-state index contributed by atoms with van der Waals surface area (Å²) in [6.45, 7) is 12.8. The number of anilines is 2. The SMILES string of the molecule is CC1(C)CCC(c2ccc(Cl)cc2)=C(CN2CCN(c3ccc(C(=O)NS(=O)(=O)c4ccc(N[C@H](CCN5CCOCC5)CSc5ccccc5)c([N+](=O)[O-])c4)cc3)CC2)C1. The predicted molar refractivity (Wildman–Crippen MR) is 245 cm³/mol. The molecule has 2 aliphatic heterocycles. The molecule has 2 N–H and O–H groups in total. The van der Waals surface area contributed by atoms with Crippen molar-refractivity contribution in [3.63, 3.8) is 0 Å². The molecule has 2 fully saturated rings. The summed E-state index contributed by atoms with van der Waals surface area (Å²) in [7, 11) is -4.44. The van der Waals surface area contributed by atoms with E-state index in [0.29, 0.717) is 25.4 Å². The van der Waals surface area contributed by atoms with E-state index in [1.807, 2.05) is 54.6 Å². The molecule has 0 bridgehead atoms. The Bertz CT molecular complexity index is 2280. The predicted octanol–water partition coefficient (Wildman–Crippen LogP) is 8.45. The van der Waals surface area contributed by atoms with Gasteiger partial charge >= 0.3 is 0 Å². The fraction of sp³-hybridized carbons (Fsp3) is 0.413. The third kappa shape index (κ3) is 12.1. The maximum Gasteiger partial charge on any atom is 0.293 e. The molecule has 15 heteroatoms. The average molecular weight is 888 g/mol. The van der Waals surface area contributed by atoms with Crippen molar-refractivity contribution in [3.8, 4) is 0 Å². The lowest BCUT2D eigenvalue weighted by Gasteiger charge is -2.39. The molecule has 324 valence electrons. The third-order valence-electron chi connectivity index (χ3n) is 11.8. The summed E-state index contributed by atoms with van der Waals surface area (Å²) in [5, 5.41) is 16.4. The van der Waals surface area contributed by atoms with Gasteiger partial charge in [0.1, 0.15) is 5.69 Å². The number of piperazine rings is 1. The lowest BCUT2D eigenvalue weighted by atomic mass is 9.73. The smallest absolute Gasteiger partial charge is 0.293 e. The van der Waals surface area contributed by atoms with Gasteiger partial charge in [0.05, 0.1) is 23.0 Å². The summed E-state index contributed by atoms with van der Waals surface area (Å²) < 4.78 is 34.6. The summed E-state index contributed by atoms with van der Waals surface area (Å²) >= 11 is 7.85. The molecule has 0 radical (unpaired) electrons. The van der Waals surface area contributed by atoms with Crippen molar-refractivity contribution in [2.75, 3.05) is 81.5 Å². The number of rotatable bonds is 16. The van der Waals surface area contributed by atoms with Crippen LogP contribution >= 0.6 is 23.4 Å². The van der Waals surface area contributed by atoms with E-state index in [1.165, 1.54) is 28.8 Å². The Hall–Kier alpha value is -4.44. The number of hydrogen-bond donors (Lipinski definition) is 2. The fourth-order valence-electron chi connectivity index (χ4n) is 8.31. The zero-order valence-corrected chi connectivity index (χ0v) is 37.2. The molecule has 1 aliphatic carbocycles.